The highest BCUT2D eigenvalue weighted by Gasteiger charge is 2.09. The molecule has 0 fully saturated rings. The average Bonchev–Trinajstić information content (AvgIpc) is 2.18. The summed E-state index contributed by atoms with van der Waals surface area (Å²) in [6, 6.07) is 3.40. The molecule has 1 aromatic rings. The molecular weight excluding hydrogens is 250 g/mol. The standard InChI is InChI=1S/C9H12NO3.BrH/c1-13-9(12)8-3-2-4-10(7-8)5-6-11;/h2-4,7,11H,5-6H2,1H3;1H/q+1;/p-1. The summed E-state index contributed by atoms with van der Waals surface area (Å²) in [6.45, 7) is 0.528. The molecule has 0 amide bonds. The summed E-state index contributed by atoms with van der Waals surface area (Å²) in [5.41, 5.74) is 0.485. The Hall–Kier alpha value is -0.940. The third-order valence-electron chi connectivity index (χ3n) is 1.64. The lowest BCUT2D eigenvalue weighted by Crippen LogP contribution is -3.00. The molecule has 0 unspecified atom stereocenters. The number of ether oxygens (including phenoxy) is 1. The van der Waals surface area contributed by atoms with Gasteiger partial charge in [-0.05, 0) is 6.07 Å². The monoisotopic (exact) mass is 261 g/mol. The van der Waals surface area contributed by atoms with Crippen molar-refractivity contribution in [3.63, 3.8) is 0 Å². The summed E-state index contributed by atoms with van der Waals surface area (Å²) in [6.07, 6.45) is 3.42. The maximum atomic E-state index is 11.1. The first-order valence-corrected chi connectivity index (χ1v) is 3.96. The van der Waals surface area contributed by atoms with E-state index in [1.807, 2.05) is 0 Å². The van der Waals surface area contributed by atoms with Gasteiger partial charge in [-0.15, -0.1) is 0 Å². The van der Waals surface area contributed by atoms with Crippen molar-refractivity contribution < 1.29 is 36.2 Å². The Balaban J connectivity index is 0.00000169. The van der Waals surface area contributed by atoms with E-state index < -0.39 is 0 Å². The van der Waals surface area contributed by atoms with Gasteiger partial charge in [0, 0.05) is 6.07 Å². The van der Waals surface area contributed by atoms with Gasteiger partial charge in [0.25, 0.3) is 0 Å². The van der Waals surface area contributed by atoms with E-state index in [9.17, 15) is 4.79 Å². The average molecular weight is 262 g/mol. The minimum absolute atomic E-state index is 0. The zero-order chi connectivity index (χ0) is 9.68. The van der Waals surface area contributed by atoms with Crippen molar-refractivity contribution in [2.75, 3.05) is 13.7 Å². The molecule has 1 heterocycles. The Kier molecular flexibility index (Phi) is 6.07. The van der Waals surface area contributed by atoms with E-state index in [2.05, 4.69) is 4.74 Å². The Bertz CT molecular complexity index is 304. The predicted octanol–water partition coefficient (Wildman–Crippen LogP) is -3.24. The number of pyridine rings is 1. The summed E-state index contributed by atoms with van der Waals surface area (Å²) in [5, 5.41) is 8.67. The quantitative estimate of drug-likeness (QED) is 0.460. The largest absolute Gasteiger partial charge is 1.00 e. The Morgan fingerprint density at radius 1 is 1.64 bits per heavy atom. The highest BCUT2D eigenvalue weighted by molar-refractivity contribution is 5.88. The van der Waals surface area contributed by atoms with Crippen LogP contribution < -0.4 is 21.5 Å². The van der Waals surface area contributed by atoms with Crippen LogP contribution in [0.4, 0.5) is 0 Å². The number of carbonyl (C=O) groups is 1. The van der Waals surface area contributed by atoms with Crippen LogP contribution in [0.2, 0.25) is 0 Å². The van der Waals surface area contributed by atoms with Gasteiger partial charge in [-0.25, -0.2) is 9.36 Å². The summed E-state index contributed by atoms with van der Waals surface area (Å²) >= 11 is 0. The van der Waals surface area contributed by atoms with E-state index in [4.69, 9.17) is 5.11 Å². The molecule has 1 rings (SSSR count). The number of rotatable bonds is 3. The van der Waals surface area contributed by atoms with Crippen LogP contribution in [-0.4, -0.2) is 24.8 Å². The lowest BCUT2D eigenvalue weighted by molar-refractivity contribution is -0.698. The third-order valence-corrected chi connectivity index (χ3v) is 1.64. The highest BCUT2D eigenvalue weighted by Crippen LogP contribution is 1.96. The Morgan fingerprint density at radius 3 is 2.93 bits per heavy atom. The first-order valence-electron chi connectivity index (χ1n) is 3.96. The number of hydrogen-bond acceptors (Lipinski definition) is 3. The summed E-state index contributed by atoms with van der Waals surface area (Å²) in [5.74, 6) is -0.368. The van der Waals surface area contributed by atoms with Crippen LogP contribution in [0.15, 0.2) is 24.5 Å². The second kappa shape index (κ2) is 6.50. The number of carbonyl (C=O) groups excluding carboxylic acids is 1. The fourth-order valence-corrected chi connectivity index (χ4v) is 1.02. The smallest absolute Gasteiger partial charge is 0.343 e. The van der Waals surface area contributed by atoms with Crippen LogP contribution in [0, 0.1) is 0 Å². The van der Waals surface area contributed by atoms with E-state index in [1.165, 1.54) is 7.11 Å². The normalized spacial score (nSPS) is 9.00. The molecular formula is C9H12BrNO3. The van der Waals surface area contributed by atoms with Crippen molar-refractivity contribution in [2.24, 2.45) is 0 Å². The number of methoxy groups -OCH3 is 1. The topological polar surface area (TPSA) is 50.4 Å². The van der Waals surface area contributed by atoms with Crippen LogP contribution in [0.3, 0.4) is 0 Å². The second-order valence-electron chi connectivity index (χ2n) is 2.55. The van der Waals surface area contributed by atoms with E-state index in [-0.39, 0.29) is 29.6 Å². The molecule has 0 aromatic carbocycles. The Morgan fingerprint density at radius 2 is 2.36 bits per heavy atom. The van der Waals surface area contributed by atoms with Crippen molar-refractivity contribution >= 4 is 5.97 Å². The number of hydrogen-bond donors (Lipinski definition) is 1. The lowest BCUT2D eigenvalue weighted by atomic mass is 10.3. The van der Waals surface area contributed by atoms with Crippen molar-refractivity contribution in [3.8, 4) is 0 Å². The molecule has 5 heteroatoms. The van der Waals surface area contributed by atoms with Gasteiger partial charge in [0.15, 0.2) is 18.9 Å². The number of esters is 1. The van der Waals surface area contributed by atoms with Crippen LogP contribution in [0.25, 0.3) is 0 Å². The van der Waals surface area contributed by atoms with Crippen molar-refractivity contribution in [2.45, 2.75) is 6.54 Å². The fraction of sp³-hybridized carbons (Fsp3) is 0.333. The maximum absolute atomic E-state index is 11.1. The molecule has 0 aliphatic carbocycles. The van der Waals surface area contributed by atoms with Crippen molar-refractivity contribution in [1.82, 2.24) is 0 Å². The second-order valence-corrected chi connectivity index (χ2v) is 2.55. The molecule has 1 N–H and O–H groups in total. The predicted molar refractivity (Wildman–Crippen MR) is 45.1 cm³/mol. The summed E-state index contributed by atoms with van der Waals surface area (Å²) in [7, 11) is 1.34. The van der Waals surface area contributed by atoms with E-state index in [0.717, 1.165) is 0 Å². The van der Waals surface area contributed by atoms with Crippen LogP contribution in [0.5, 0.6) is 0 Å². The minimum atomic E-state index is -0.368. The van der Waals surface area contributed by atoms with E-state index in [1.54, 1.807) is 29.1 Å². The molecule has 1 aromatic heterocycles. The van der Waals surface area contributed by atoms with E-state index in [0.29, 0.717) is 12.1 Å². The van der Waals surface area contributed by atoms with Gasteiger partial charge >= 0.3 is 5.97 Å². The molecule has 0 saturated heterocycles. The maximum Gasteiger partial charge on any atom is 0.343 e. The molecule has 14 heavy (non-hydrogen) atoms. The SMILES string of the molecule is COC(=O)c1ccc[n+](CCO)c1.[Br-]. The third kappa shape index (κ3) is 3.43. The molecule has 0 saturated carbocycles. The molecule has 0 atom stereocenters. The van der Waals surface area contributed by atoms with Gasteiger partial charge in [-0.1, -0.05) is 0 Å². The van der Waals surface area contributed by atoms with Gasteiger partial charge in [0.2, 0.25) is 0 Å². The summed E-state index contributed by atoms with van der Waals surface area (Å²) < 4.78 is 6.28. The minimum Gasteiger partial charge on any atom is -1.00 e. The van der Waals surface area contributed by atoms with Gasteiger partial charge in [-0.2, -0.15) is 0 Å². The number of aromatic nitrogens is 1. The molecule has 0 radical (unpaired) electrons. The molecule has 0 bridgehead atoms. The van der Waals surface area contributed by atoms with Gasteiger partial charge in [0.05, 0.1) is 7.11 Å². The van der Waals surface area contributed by atoms with Crippen molar-refractivity contribution in [1.29, 1.82) is 0 Å². The molecule has 4 nitrogen and oxygen atoms in total. The van der Waals surface area contributed by atoms with Crippen LogP contribution in [-0.2, 0) is 11.3 Å². The Labute approximate surface area is 92.9 Å². The van der Waals surface area contributed by atoms with Crippen LogP contribution in [0.1, 0.15) is 10.4 Å². The van der Waals surface area contributed by atoms with Gasteiger partial charge in [-0.3, -0.25) is 0 Å². The summed E-state index contributed by atoms with van der Waals surface area (Å²) in [4.78, 5) is 11.1. The molecule has 0 aliphatic rings. The van der Waals surface area contributed by atoms with Gasteiger partial charge in [0.1, 0.15) is 12.2 Å². The number of aliphatic hydroxyl groups excluding tert-OH is 1. The molecule has 0 spiro atoms. The number of aliphatic hydroxyl groups is 1. The zero-order valence-electron chi connectivity index (χ0n) is 7.81. The first kappa shape index (κ1) is 13.1. The number of halogens is 1. The van der Waals surface area contributed by atoms with Crippen LogP contribution >= 0.6 is 0 Å². The lowest BCUT2D eigenvalue weighted by Gasteiger charge is -1.97. The molecule has 0 aliphatic heterocycles. The zero-order valence-corrected chi connectivity index (χ0v) is 9.40. The van der Waals surface area contributed by atoms with Gasteiger partial charge < -0.3 is 26.8 Å². The number of nitrogens with zero attached hydrogens (tertiary/aromatic N) is 1. The fourth-order valence-electron chi connectivity index (χ4n) is 1.02. The van der Waals surface area contributed by atoms with E-state index >= 15 is 0 Å². The van der Waals surface area contributed by atoms with Crippen molar-refractivity contribution in [3.05, 3.63) is 30.1 Å². The highest BCUT2D eigenvalue weighted by atomic mass is 79.9. The molecule has 78 valence electrons. The first-order chi connectivity index (χ1) is 6.27.